The predicted molar refractivity (Wildman–Crippen MR) is 63.4 cm³/mol. The van der Waals surface area contributed by atoms with Crippen LogP contribution in [0.5, 0.6) is 0 Å². The second kappa shape index (κ2) is 4.00. The molecular formula is C13H21NO3. The first-order valence-electron chi connectivity index (χ1n) is 6.35. The summed E-state index contributed by atoms with van der Waals surface area (Å²) in [6.45, 7) is 7.23. The maximum atomic E-state index is 12.2. The van der Waals surface area contributed by atoms with E-state index >= 15 is 0 Å². The molecule has 96 valence electrons. The van der Waals surface area contributed by atoms with Gasteiger partial charge in [-0.15, -0.1) is 0 Å². The van der Waals surface area contributed by atoms with Crippen LogP contribution >= 0.6 is 0 Å². The topological polar surface area (TPSA) is 57.6 Å². The van der Waals surface area contributed by atoms with E-state index in [1.807, 2.05) is 4.90 Å². The van der Waals surface area contributed by atoms with Crippen LogP contribution in [0, 0.1) is 17.3 Å². The molecule has 17 heavy (non-hydrogen) atoms. The van der Waals surface area contributed by atoms with Crippen LogP contribution in [0.25, 0.3) is 0 Å². The molecule has 2 rings (SSSR count). The molecule has 1 saturated heterocycles. The van der Waals surface area contributed by atoms with Crippen LogP contribution < -0.4 is 0 Å². The molecule has 1 aliphatic heterocycles. The van der Waals surface area contributed by atoms with Crippen molar-refractivity contribution in [1.82, 2.24) is 4.90 Å². The number of rotatable bonds is 2. The fourth-order valence-electron chi connectivity index (χ4n) is 2.88. The van der Waals surface area contributed by atoms with Crippen LogP contribution in [0.3, 0.4) is 0 Å². The van der Waals surface area contributed by atoms with Crippen LogP contribution in [0.2, 0.25) is 0 Å². The zero-order valence-electron chi connectivity index (χ0n) is 10.8. The highest BCUT2D eigenvalue weighted by molar-refractivity contribution is 5.89. The Bertz CT molecular complexity index is 345. The summed E-state index contributed by atoms with van der Waals surface area (Å²) in [4.78, 5) is 25.0. The number of carbonyl (C=O) groups excluding carboxylic acids is 1. The highest BCUT2D eigenvalue weighted by Gasteiger charge is 2.52. The number of likely N-dealkylation sites (tertiary alicyclic amines) is 1. The van der Waals surface area contributed by atoms with Crippen molar-refractivity contribution in [2.75, 3.05) is 6.54 Å². The van der Waals surface area contributed by atoms with Gasteiger partial charge in [-0.25, -0.2) is 0 Å². The van der Waals surface area contributed by atoms with Crippen molar-refractivity contribution in [1.29, 1.82) is 0 Å². The van der Waals surface area contributed by atoms with Gasteiger partial charge >= 0.3 is 5.97 Å². The SMILES string of the molecule is CC(C)(C)C1CCCN1C(=O)C1CC1C(=O)O. The van der Waals surface area contributed by atoms with E-state index in [1.54, 1.807) is 0 Å². The van der Waals surface area contributed by atoms with Crippen LogP contribution in [0.15, 0.2) is 0 Å². The molecule has 3 unspecified atom stereocenters. The van der Waals surface area contributed by atoms with Crippen molar-refractivity contribution in [3.63, 3.8) is 0 Å². The molecule has 1 amide bonds. The lowest BCUT2D eigenvalue weighted by molar-refractivity contribution is -0.142. The van der Waals surface area contributed by atoms with Gasteiger partial charge < -0.3 is 10.0 Å². The fourth-order valence-corrected chi connectivity index (χ4v) is 2.88. The quantitative estimate of drug-likeness (QED) is 0.798. The third-order valence-electron chi connectivity index (χ3n) is 3.96. The number of aliphatic carboxylic acids is 1. The van der Waals surface area contributed by atoms with Crippen molar-refractivity contribution in [2.24, 2.45) is 17.3 Å². The van der Waals surface area contributed by atoms with Crippen molar-refractivity contribution in [3.05, 3.63) is 0 Å². The Kier molecular flexibility index (Phi) is 2.92. The van der Waals surface area contributed by atoms with Gasteiger partial charge in [0.15, 0.2) is 0 Å². The Morgan fingerprint density at radius 3 is 2.35 bits per heavy atom. The first-order valence-corrected chi connectivity index (χ1v) is 6.35. The minimum atomic E-state index is -0.824. The average Bonchev–Trinajstić information content (AvgIpc) is 2.84. The van der Waals surface area contributed by atoms with Crippen LogP contribution in [0.1, 0.15) is 40.0 Å². The molecule has 0 bridgehead atoms. The standard InChI is InChI=1S/C13H21NO3/c1-13(2,3)10-5-4-6-14(10)11(15)8-7-9(8)12(16)17/h8-10H,4-7H2,1-3H3,(H,16,17). The van der Waals surface area contributed by atoms with E-state index in [2.05, 4.69) is 20.8 Å². The van der Waals surface area contributed by atoms with Crippen LogP contribution in [0.4, 0.5) is 0 Å². The maximum Gasteiger partial charge on any atom is 0.307 e. The van der Waals surface area contributed by atoms with E-state index in [4.69, 9.17) is 5.11 Å². The summed E-state index contributed by atoms with van der Waals surface area (Å²) in [5.41, 5.74) is 0.0831. The van der Waals surface area contributed by atoms with Gasteiger partial charge in [0.25, 0.3) is 0 Å². The summed E-state index contributed by atoms with van der Waals surface area (Å²) in [5, 5.41) is 8.87. The third kappa shape index (κ3) is 2.31. The number of hydrogen-bond donors (Lipinski definition) is 1. The minimum Gasteiger partial charge on any atom is -0.481 e. The van der Waals surface area contributed by atoms with Gasteiger partial charge in [-0.05, 0) is 24.7 Å². The zero-order chi connectivity index (χ0) is 12.8. The number of amides is 1. The molecule has 3 atom stereocenters. The summed E-state index contributed by atoms with van der Waals surface area (Å²) < 4.78 is 0. The van der Waals surface area contributed by atoms with Gasteiger partial charge in [0.2, 0.25) is 5.91 Å². The van der Waals surface area contributed by atoms with E-state index in [0.29, 0.717) is 6.42 Å². The van der Waals surface area contributed by atoms with E-state index in [-0.39, 0.29) is 23.3 Å². The first-order chi connectivity index (χ1) is 7.82. The molecule has 0 aromatic carbocycles. The van der Waals surface area contributed by atoms with E-state index in [0.717, 1.165) is 19.4 Å². The molecule has 4 nitrogen and oxygen atoms in total. The van der Waals surface area contributed by atoms with Gasteiger partial charge in [0.1, 0.15) is 0 Å². The molecular weight excluding hydrogens is 218 g/mol. The van der Waals surface area contributed by atoms with Gasteiger partial charge in [-0.3, -0.25) is 9.59 Å². The third-order valence-corrected chi connectivity index (χ3v) is 3.96. The van der Waals surface area contributed by atoms with E-state index in [9.17, 15) is 9.59 Å². The van der Waals surface area contributed by atoms with Gasteiger partial charge in [-0.2, -0.15) is 0 Å². The van der Waals surface area contributed by atoms with E-state index < -0.39 is 11.9 Å². The molecule has 0 aromatic rings. The molecule has 0 aromatic heterocycles. The number of carboxylic acid groups (broad SMARTS) is 1. The monoisotopic (exact) mass is 239 g/mol. The lowest BCUT2D eigenvalue weighted by Crippen LogP contribution is -2.44. The van der Waals surface area contributed by atoms with Crippen molar-refractivity contribution < 1.29 is 14.7 Å². The Balaban J connectivity index is 2.03. The number of carboxylic acids is 1. The second-order valence-electron chi connectivity index (χ2n) is 6.34. The minimum absolute atomic E-state index is 0.0647. The average molecular weight is 239 g/mol. The van der Waals surface area contributed by atoms with Crippen molar-refractivity contribution in [3.8, 4) is 0 Å². The Morgan fingerprint density at radius 2 is 1.88 bits per heavy atom. The van der Waals surface area contributed by atoms with Gasteiger partial charge in [0.05, 0.1) is 11.8 Å². The second-order valence-corrected chi connectivity index (χ2v) is 6.34. The van der Waals surface area contributed by atoms with Crippen LogP contribution in [-0.4, -0.2) is 34.5 Å². The molecule has 2 aliphatic rings. The summed E-state index contributed by atoms with van der Waals surface area (Å²) in [7, 11) is 0. The summed E-state index contributed by atoms with van der Waals surface area (Å²) >= 11 is 0. The first kappa shape index (κ1) is 12.4. The Hall–Kier alpha value is -1.06. The van der Waals surface area contributed by atoms with Crippen molar-refractivity contribution in [2.45, 2.75) is 46.1 Å². The smallest absolute Gasteiger partial charge is 0.307 e. The lowest BCUT2D eigenvalue weighted by Gasteiger charge is -2.35. The normalized spacial score (nSPS) is 32.6. The molecule has 1 aliphatic carbocycles. The van der Waals surface area contributed by atoms with Gasteiger partial charge in [-0.1, -0.05) is 20.8 Å². The number of carbonyl (C=O) groups is 2. The van der Waals surface area contributed by atoms with Gasteiger partial charge in [0, 0.05) is 12.6 Å². The molecule has 4 heteroatoms. The molecule has 1 N–H and O–H groups in total. The van der Waals surface area contributed by atoms with Crippen molar-refractivity contribution >= 4 is 11.9 Å². The Morgan fingerprint density at radius 1 is 1.24 bits per heavy atom. The number of nitrogens with zero attached hydrogens (tertiary/aromatic N) is 1. The molecule has 0 radical (unpaired) electrons. The lowest BCUT2D eigenvalue weighted by atomic mass is 9.85. The summed E-state index contributed by atoms with van der Waals surface area (Å²) in [6.07, 6.45) is 2.61. The fraction of sp³-hybridized carbons (Fsp3) is 0.846. The Labute approximate surface area is 102 Å². The van der Waals surface area contributed by atoms with Crippen LogP contribution in [-0.2, 0) is 9.59 Å². The molecule has 0 spiro atoms. The highest BCUT2D eigenvalue weighted by Crippen LogP contribution is 2.43. The predicted octanol–water partition coefficient (Wildman–Crippen LogP) is 1.74. The van der Waals surface area contributed by atoms with E-state index in [1.165, 1.54) is 0 Å². The summed E-state index contributed by atoms with van der Waals surface area (Å²) in [5.74, 6) is -1.44. The highest BCUT2D eigenvalue weighted by atomic mass is 16.4. The zero-order valence-corrected chi connectivity index (χ0v) is 10.8. The summed E-state index contributed by atoms with van der Waals surface area (Å²) in [6, 6.07) is 0.269. The molecule has 2 fully saturated rings. The number of hydrogen-bond acceptors (Lipinski definition) is 2. The maximum absolute atomic E-state index is 12.2. The molecule has 1 saturated carbocycles. The largest absolute Gasteiger partial charge is 0.481 e. The molecule has 1 heterocycles.